The number of rotatable bonds is 3. The number of pyridine rings is 1. The lowest BCUT2D eigenvalue weighted by Gasteiger charge is -2.06. The summed E-state index contributed by atoms with van der Waals surface area (Å²) in [7, 11) is 0. The zero-order chi connectivity index (χ0) is 13.7. The predicted molar refractivity (Wildman–Crippen MR) is 94.5 cm³/mol. The molecule has 0 saturated carbocycles. The van der Waals surface area contributed by atoms with Crippen LogP contribution in [-0.2, 0) is 6.54 Å². The second-order valence-electron chi connectivity index (χ2n) is 4.56. The molecule has 0 amide bonds. The smallest absolute Gasteiger partial charge is 0.193 e. The summed E-state index contributed by atoms with van der Waals surface area (Å²) in [5.41, 5.74) is 10.2. The van der Waals surface area contributed by atoms with Gasteiger partial charge in [0.2, 0.25) is 0 Å². The molecule has 0 fully saturated rings. The predicted octanol–water partition coefficient (Wildman–Crippen LogP) is 3.24. The Balaban J connectivity index is 0.00000200. The van der Waals surface area contributed by atoms with E-state index in [2.05, 4.69) is 21.4 Å². The van der Waals surface area contributed by atoms with Crippen molar-refractivity contribution in [3.63, 3.8) is 0 Å². The van der Waals surface area contributed by atoms with E-state index in [4.69, 9.17) is 5.73 Å². The Morgan fingerprint density at radius 2 is 1.85 bits per heavy atom. The zero-order valence-corrected chi connectivity index (χ0v) is 14.0. The van der Waals surface area contributed by atoms with Crippen LogP contribution in [0.3, 0.4) is 0 Å². The molecule has 5 heteroatoms. The number of nitrogens with one attached hydrogen (secondary N) is 1. The Morgan fingerprint density at radius 1 is 1.15 bits per heavy atom. The number of halogens is 1. The van der Waals surface area contributed by atoms with Crippen molar-refractivity contribution in [2.45, 2.75) is 20.4 Å². The Morgan fingerprint density at radius 3 is 2.50 bits per heavy atom. The lowest BCUT2D eigenvalue weighted by molar-refractivity contribution is 1.03. The first kappa shape index (κ1) is 16.4. The standard InChI is InChI=1S/C15H18N4.HI/c1-11-3-5-14(6-4-11)19-15(16)18-10-13-7-12(2)8-17-9-13;/h3-9H,10H2,1-2H3,(H3,16,18,19);1H. The minimum atomic E-state index is 0. The van der Waals surface area contributed by atoms with Crippen LogP contribution in [0.5, 0.6) is 0 Å². The van der Waals surface area contributed by atoms with E-state index in [0.717, 1.165) is 16.8 Å². The first-order valence-electron chi connectivity index (χ1n) is 6.17. The molecule has 0 aliphatic carbocycles. The summed E-state index contributed by atoms with van der Waals surface area (Å²) in [5, 5.41) is 3.06. The van der Waals surface area contributed by atoms with Crippen LogP contribution < -0.4 is 11.1 Å². The van der Waals surface area contributed by atoms with Crippen LogP contribution in [0.25, 0.3) is 0 Å². The zero-order valence-electron chi connectivity index (χ0n) is 11.6. The second kappa shape index (κ2) is 7.84. The lowest BCUT2D eigenvalue weighted by Crippen LogP contribution is -2.22. The Labute approximate surface area is 136 Å². The first-order chi connectivity index (χ1) is 9.13. The SMILES string of the molecule is Cc1ccc(NC(N)=NCc2cncc(C)c2)cc1.I. The highest BCUT2D eigenvalue weighted by Gasteiger charge is 1.96. The molecule has 0 spiro atoms. The monoisotopic (exact) mass is 382 g/mol. The molecule has 20 heavy (non-hydrogen) atoms. The van der Waals surface area contributed by atoms with Crippen molar-refractivity contribution in [3.05, 3.63) is 59.4 Å². The van der Waals surface area contributed by atoms with Gasteiger partial charge in [-0.25, -0.2) is 4.99 Å². The van der Waals surface area contributed by atoms with Gasteiger partial charge >= 0.3 is 0 Å². The molecule has 106 valence electrons. The molecule has 1 heterocycles. The van der Waals surface area contributed by atoms with Crippen LogP contribution in [0.15, 0.2) is 47.7 Å². The Hall–Kier alpha value is -1.63. The number of anilines is 1. The van der Waals surface area contributed by atoms with Crippen molar-refractivity contribution in [1.29, 1.82) is 0 Å². The minimum absolute atomic E-state index is 0. The largest absolute Gasteiger partial charge is 0.370 e. The summed E-state index contributed by atoms with van der Waals surface area (Å²) in [5.74, 6) is 0.408. The maximum Gasteiger partial charge on any atom is 0.193 e. The molecule has 4 nitrogen and oxygen atoms in total. The molecule has 2 rings (SSSR count). The molecule has 1 aromatic heterocycles. The van der Waals surface area contributed by atoms with Crippen LogP contribution in [0.1, 0.15) is 16.7 Å². The van der Waals surface area contributed by atoms with Crippen LogP contribution in [-0.4, -0.2) is 10.9 Å². The van der Waals surface area contributed by atoms with E-state index in [1.807, 2.05) is 44.3 Å². The van der Waals surface area contributed by atoms with Crippen molar-refractivity contribution in [1.82, 2.24) is 4.98 Å². The summed E-state index contributed by atoms with van der Waals surface area (Å²) in [6.07, 6.45) is 3.62. The van der Waals surface area contributed by atoms with Gasteiger partial charge in [-0.1, -0.05) is 23.8 Å². The maximum atomic E-state index is 5.85. The minimum Gasteiger partial charge on any atom is -0.370 e. The summed E-state index contributed by atoms with van der Waals surface area (Å²) >= 11 is 0. The van der Waals surface area contributed by atoms with Crippen LogP contribution in [0.2, 0.25) is 0 Å². The van der Waals surface area contributed by atoms with Gasteiger partial charge in [0.1, 0.15) is 0 Å². The van der Waals surface area contributed by atoms with Crippen LogP contribution in [0.4, 0.5) is 5.69 Å². The van der Waals surface area contributed by atoms with Crippen LogP contribution in [0, 0.1) is 13.8 Å². The van der Waals surface area contributed by atoms with Gasteiger partial charge < -0.3 is 11.1 Å². The molecule has 0 unspecified atom stereocenters. The van der Waals surface area contributed by atoms with Gasteiger partial charge in [-0.3, -0.25) is 4.98 Å². The quantitative estimate of drug-likeness (QED) is 0.487. The third-order valence-electron chi connectivity index (χ3n) is 2.69. The summed E-state index contributed by atoms with van der Waals surface area (Å²) in [6.45, 7) is 4.58. The van der Waals surface area contributed by atoms with Gasteiger partial charge in [0.25, 0.3) is 0 Å². The van der Waals surface area contributed by atoms with Crippen molar-refractivity contribution in [3.8, 4) is 0 Å². The second-order valence-corrected chi connectivity index (χ2v) is 4.56. The number of aromatic nitrogens is 1. The Kier molecular flexibility index (Phi) is 6.44. The third-order valence-corrected chi connectivity index (χ3v) is 2.69. The number of nitrogens with zero attached hydrogens (tertiary/aromatic N) is 2. The highest BCUT2D eigenvalue weighted by Crippen LogP contribution is 2.08. The van der Waals surface area contributed by atoms with Crippen LogP contribution >= 0.6 is 24.0 Å². The summed E-state index contributed by atoms with van der Waals surface area (Å²) in [6, 6.07) is 10.1. The first-order valence-corrected chi connectivity index (χ1v) is 6.17. The van der Waals surface area contributed by atoms with Crippen molar-refractivity contribution >= 4 is 35.6 Å². The van der Waals surface area contributed by atoms with Gasteiger partial charge in [-0.15, -0.1) is 24.0 Å². The van der Waals surface area contributed by atoms with Crippen molar-refractivity contribution in [2.75, 3.05) is 5.32 Å². The van der Waals surface area contributed by atoms with Gasteiger partial charge in [0, 0.05) is 18.1 Å². The molecule has 0 aliphatic heterocycles. The van der Waals surface area contributed by atoms with E-state index in [9.17, 15) is 0 Å². The normalized spacial score (nSPS) is 10.8. The number of benzene rings is 1. The fourth-order valence-corrected chi connectivity index (χ4v) is 1.70. The highest BCUT2D eigenvalue weighted by atomic mass is 127. The lowest BCUT2D eigenvalue weighted by atomic mass is 10.2. The molecule has 0 aliphatic rings. The fourth-order valence-electron chi connectivity index (χ4n) is 1.70. The van der Waals surface area contributed by atoms with E-state index in [-0.39, 0.29) is 24.0 Å². The number of guanidine groups is 1. The third kappa shape index (κ3) is 5.16. The van der Waals surface area contributed by atoms with E-state index in [0.29, 0.717) is 12.5 Å². The van der Waals surface area contributed by atoms with Gasteiger partial charge in [0.05, 0.1) is 6.54 Å². The number of aryl methyl sites for hydroxylation is 2. The van der Waals surface area contributed by atoms with Crippen molar-refractivity contribution in [2.24, 2.45) is 10.7 Å². The molecular formula is C15H19IN4. The Bertz CT molecular complexity index is 579. The number of hydrogen-bond acceptors (Lipinski definition) is 2. The number of aliphatic imine (C=N–C) groups is 1. The number of nitrogens with two attached hydrogens (primary N) is 1. The number of hydrogen-bond donors (Lipinski definition) is 2. The van der Waals surface area contributed by atoms with E-state index in [1.54, 1.807) is 6.20 Å². The van der Waals surface area contributed by atoms with E-state index < -0.39 is 0 Å². The maximum absolute atomic E-state index is 5.85. The van der Waals surface area contributed by atoms with Gasteiger partial charge in [-0.2, -0.15) is 0 Å². The van der Waals surface area contributed by atoms with E-state index in [1.165, 1.54) is 5.56 Å². The molecule has 0 atom stereocenters. The molecule has 3 N–H and O–H groups in total. The molecule has 0 bridgehead atoms. The fraction of sp³-hybridized carbons (Fsp3) is 0.200. The molecule has 0 saturated heterocycles. The highest BCUT2D eigenvalue weighted by molar-refractivity contribution is 14.0. The molecule has 0 radical (unpaired) electrons. The summed E-state index contributed by atoms with van der Waals surface area (Å²) in [4.78, 5) is 8.42. The topological polar surface area (TPSA) is 63.3 Å². The van der Waals surface area contributed by atoms with Gasteiger partial charge in [-0.05, 0) is 37.1 Å². The molecule has 1 aromatic carbocycles. The van der Waals surface area contributed by atoms with E-state index >= 15 is 0 Å². The average Bonchev–Trinajstić information content (AvgIpc) is 2.39. The molecular weight excluding hydrogens is 363 g/mol. The average molecular weight is 382 g/mol. The van der Waals surface area contributed by atoms with Gasteiger partial charge in [0.15, 0.2) is 5.96 Å². The van der Waals surface area contributed by atoms with Crippen molar-refractivity contribution < 1.29 is 0 Å². The molecule has 2 aromatic rings. The summed E-state index contributed by atoms with van der Waals surface area (Å²) < 4.78 is 0.